The second kappa shape index (κ2) is 19.3. The number of aliphatic hydroxyl groups excluding tert-OH is 1. The molecule has 0 radical (unpaired) electrons. The number of imidazole rings is 2. The molecule has 0 aliphatic heterocycles. The molecule has 0 aliphatic rings. The van der Waals surface area contributed by atoms with E-state index >= 15 is 0 Å². The predicted octanol–water partition coefficient (Wildman–Crippen LogP) is 8.01. The fraction of sp³-hybridized carbons (Fsp3) is 0.351. The summed E-state index contributed by atoms with van der Waals surface area (Å²) in [4.78, 5) is 17.8. The molecule has 2 aromatic carbocycles. The lowest BCUT2D eigenvalue weighted by molar-refractivity contribution is 0.232. The number of aliphatic hydroxyl groups is 1. The molecule has 0 saturated carbocycles. The average molecular weight is 659 g/mol. The molecule has 6 aromatic rings. The Morgan fingerprint density at radius 3 is 1.55 bits per heavy atom. The van der Waals surface area contributed by atoms with E-state index in [-0.39, 0.29) is 14.0 Å². The van der Waals surface area contributed by atoms with Crippen LogP contribution in [-0.2, 0) is 13.1 Å². The molecule has 0 amide bonds. The number of para-hydroxylation sites is 4. The first-order valence-corrected chi connectivity index (χ1v) is 16.2. The van der Waals surface area contributed by atoms with Gasteiger partial charge in [0, 0.05) is 42.4 Å². The molecule has 10 heteroatoms. The second-order valence-electron chi connectivity index (χ2n) is 10.3. The van der Waals surface area contributed by atoms with E-state index in [9.17, 15) is 0 Å². The Morgan fingerprint density at radius 2 is 1.11 bits per heavy atom. The van der Waals surface area contributed by atoms with Crippen LogP contribution in [0.1, 0.15) is 56.6 Å². The van der Waals surface area contributed by atoms with Crippen LogP contribution in [0.15, 0.2) is 85.7 Å². The Bertz CT molecular complexity index is 1670. The van der Waals surface area contributed by atoms with Crippen LogP contribution in [0.4, 0.5) is 0 Å². The van der Waals surface area contributed by atoms with Crippen molar-refractivity contribution in [3.05, 3.63) is 108 Å². The SMILES string of the molecule is C.CC.Cc1c(OCCCCl)ccnc1Cn1cnc2ccccc21.Cc1c(OCCCO)ccnc1Cn1cnc2ccccc21. The van der Waals surface area contributed by atoms with Gasteiger partial charge >= 0.3 is 0 Å². The first-order chi connectivity index (χ1) is 22.6. The average Bonchev–Trinajstić information content (AvgIpc) is 3.70. The number of pyridine rings is 2. The summed E-state index contributed by atoms with van der Waals surface area (Å²) in [7, 11) is 0. The summed E-state index contributed by atoms with van der Waals surface area (Å²) in [6, 6.07) is 19.9. The highest BCUT2D eigenvalue weighted by molar-refractivity contribution is 6.17. The number of halogens is 1. The number of nitrogens with zero attached hydrogens (tertiary/aromatic N) is 6. The van der Waals surface area contributed by atoms with Gasteiger partial charge in [-0.15, -0.1) is 11.6 Å². The van der Waals surface area contributed by atoms with Gasteiger partial charge in [-0.2, -0.15) is 0 Å². The molecule has 0 saturated heterocycles. The van der Waals surface area contributed by atoms with E-state index in [2.05, 4.69) is 41.2 Å². The lowest BCUT2D eigenvalue weighted by Gasteiger charge is -2.12. The summed E-state index contributed by atoms with van der Waals surface area (Å²) in [6.45, 7) is 10.7. The number of hydrogen-bond acceptors (Lipinski definition) is 7. The Hall–Kier alpha value is -4.47. The van der Waals surface area contributed by atoms with Crippen molar-refractivity contribution in [2.24, 2.45) is 0 Å². The van der Waals surface area contributed by atoms with Crippen LogP contribution in [0.25, 0.3) is 22.1 Å². The number of alkyl halides is 1. The third-order valence-electron chi connectivity index (χ3n) is 7.31. The minimum absolute atomic E-state index is 0. The number of ether oxygens (including phenoxy) is 2. The van der Waals surface area contributed by atoms with Crippen LogP contribution in [-0.4, -0.2) is 59.9 Å². The molecule has 4 aromatic heterocycles. The topological polar surface area (TPSA) is 100 Å². The van der Waals surface area contributed by atoms with Crippen LogP contribution in [0, 0.1) is 13.8 Å². The zero-order valence-corrected chi connectivity index (χ0v) is 27.8. The van der Waals surface area contributed by atoms with E-state index in [0.29, 0.717) is 38.6 Å². The predicted molar refractivity (Wildman–Crippen MR) is 192 cm³/mol. The van der Waals surface area contributed by atoms with E-state index in [1.165, 1.54) is 0 Å². The molecule has 9 nitrogen and oxygen atoms in total. The Morgan fingerprint density at radius 1 is 0.660 bits per heavy atom. The van der Waals surface area contributed by atoms with E-state index in [1.807, 2.05) is 88.9 Å². The fourth-order valence-corrected chi connectivity index (χ4v) is 4.94. The van der Waals surface area contributed by atoms with Crippen molar-refractivity contribution in [3.8, 4) is 11.5 Å². The summed E-state index contributed by atoms with van der Waals surface area (Å²) >= 11 is 5.69. The Kier molecular flexibility index (Phi) is 15.2. The molecule has 250 valence electrons. The maximum Gasteiger partial charge on any atom is 0.125 e. The molecule has 0 aliphatic carbocycles. The molecule has 6 rings (SSSR count). The summed E-state index contributed by atoms with van der Waals surface area (Å²) < 4.78 is 15.7. The largest absolute Gasteiger partial charge is 0.493 e. The molecule has 0 fully saturated rings. The zero-order valence-electron chi connectivity index (χ0n) is 27.1. The third-order valence-corrected chi connectivity index (χ3v) is 7.58. The Labute approximate surface area is 283 Å². The summed E-state index contributed by atoms with van der Waals surface area (Å²) in [5.74, 6) is 2.31. The molecule has 4 heterocycles. The van der Waals surface area contributed by atoms with Gasteiger partial charge in [-0.25, -0.2) is 9.97 Å². The van der Waals surface area contributed by atoms with Crippen molar-refractivity contribution in [2.45, 2.75) is 61.1 Å². The number of fused-ring (bicyclic) bond motifs is 2. The van der Waals surface area contributed by atoms with Gasteiger partial charge in [0.2, 0.25) is 0 Å². The van der Waals surface area contributed by atoms with Crippen molar-refractivity contribution in [3.63, 3.8) is 0 Å². The van der Waals surface area contributed by atoms with E-state index in [0.717, 1.165) is 62.5 Å². The Balaban J connectivity index is 0.000000238. The van der Waals surface area contributed by atoms with Gasteiger partial charge in [-0.3, -0.25) is 9.97 Å². The lowest BCUT2D eigenvalue weighted by Crippen LogP contribution is -2.06. The minimum Gasteiger partial charge on any atom is -0.493 e. The van der Waals surface area contributed by atoms with Crippen LogP contribution in [0.5, 0.6) is 11.5 Å². The number of rotatable bonds is 12. The maximum absolute atomic E-state index is 8.84. The molecule has 0 atom stereocenters. The summed E-state index contributed by atoms with van der Waals surface area (Å²) in [5, 5.41) is 8.84. The lowest BCUT2D eigenvalue weighted by atomic mass is 10.2. The van der Waals surface area contributed by atoms with Crippen LogP contribution < -0.4 is 9.47 Å². The normalized spacial score (nSPS) is 10.4. The van der Waals surface area contributed by atoms with Gasteiger partial charge < -0.3 is 23.7 Å². The molecule has 0 spiro atoms. The van der Waals surface area contributed by atoms with Crippen molar-refractivity contribution in [2.75, 3.05) is 25.7 Å². The second-order valence-corrected chi connectivity index (χ2v) is 10.7. The van der Waals surface area contributed by atoms with Crippen LogP contribution in [0.3, 0.4) is 0 Å². The van der Waals surface area contributed by atoms with Crippen LogP contribution in [0.2, 0.25) is 0 Å². The minimum atomic E-state index is 0. The highest BCUT2D eigenvalue weighted by Crippen LogP contribution is 2.23. The summed E-state index contributed by atoms with van der Waals surface area (Å²) in [6.07, 6.45) is 8.71. The van der Waals surface area contributed by atoms with Gasteiger partial charge in [-0.05, 0) is 56.7 Å². The highest BCUT2D eigenvalue weighted by Gasteiger charge is 2.11. The first kappa shape index (κ1) is 37.0. The van der Waals surface area contributed by atoms with Gasteiger partial charge in [0.05, 0.1) is 72.4 Å². The van der Waals surface area contributed by atoms with Crippen molar-refractivity contribution in [1.29, 1.82) is 0 Å². The van der Waals surface area contributed by atoms with Crippen molar-refractivity contribution < 1.29 is 14.6 Å². The summed E-state index contributed by atoms with van der Waals surface area (Å²) in [5.41, 5.74) is 8.22. The quantitative estimate of drug-likeness (QED) is 0.105. The van der Waals surface area contributed by atoms with Gasteiger partial charge in [-0.1, -0.05) is 45.5 Å². The highest BCUT2D eigenvalue weighted by atomic mass is 35.5. The first-order valence-electron chi connectivity index (χ1n) is 15.7. The van der Waals surface area contributed by atoms with Crippen LogP contribution >= 0.6 is 11.6 Å². The molecular weight excluding hydrogens is 612 g/mol. The monoisotopic (exact) mass is 658 g/mol. The van der Waals surface area contributed by atoms with Crippen molar-refractivity contribution >= 4 is 33.7 Å². The van der Waals surface area contributed by atoms with Gasteiger partial charge in [0.1, 0.15) is 11.5 Å². The van der Waals surface area contributed by atoms with E-state index < -0.39 is 0 Å². The maximum atomic E-state index is 8.84. The zero-order chi connectivity index (χ0) is 32.7. The van der Waals surface area contributed by atoms with Gasteiger partial charge in [0.25, 0.3) is 0 Å². The van der Waals surface area contributed by atoms with Gasteiger partial charge in [0.15, 0.2) is 0 Å². The van der Waals surface area contributed by atoms with E-state index in [4.69, 9.17) is 26.2 Å². The third kappa shape index (κ3) is 9.76. The molecule has 1 N–H and O–H groups in total. The fourth-order valence-electron chi connectivity index (χ4n) is 4.83. The molecule has 0 bridgehead atoms. The number of aromatic nitrogens is 6. The number of hydrogen-bond donors (Lipinski definition) is 1. The smallest absolute Gasteiger partial charge is 0.125 e. The molecule has 0 unspecified atom stereocenters. The van der Waals surface area contributed by atoms with E-state index in [1.54, 1.807) is 12.4 Å². The molecular formula is C37H47ClN6O3. The molecule has 47 heavy (non-hydrogen) atoms. The van der Waals surface area contributed by atoms with Crippen molar-refractivity contribution in [1.82, 2.24) is 29.1 Å². The number of benzene rings is 2. The standard InChI is InChI=1S/C17H18ClN3O.C17H19N3O2.C2H6.CH4/c1-13-15(19-9-7-17(13)22-10-4-8-18)11-21-12-20-14-5-2-3-6-16(14)21;1-13-15(18-8-7-17(13)22-10-4-9-21)11-20-12-19-14-5-2-3-6-16(14)20;1-2;/h2-3,5-7,9,12H,4,8,10-11H2,1H3;2-3,5-8,12,21H,4,9-11H2,1H3;1-2H3;1H4.